The summed E-state index contributed by atoms with van der Waals surface area (Å²) in [5.74, 6) is 6.94. The average Bonchev–Trinajstić information content (AvgIpc) is 1.91. The summed E-state index contributed by atoms with van der Waals surface area (Å²) in [6.45, 7) is 0. The van der Waals surface area contributed by atoms with Crippen molar-refractivity contribution >= 4 is 0 Å². The molecule has 0 amide bonds. The minimum Gasteiger partial charge on any atom is -0.0475 e. The molecule has 6 rings (SSSR count). The molecule has 0 nitrogen and oxygen atoms in total. The third kappa shape index (κ3) is 1.56. The molecular formula is C15H24. The van der Waals surface area contributed by atoms with Crippen molar-refractivity contribution in [1.29, 1.82) is 0 Å². The van der Waals surface area contributed by atoms with Crippen LogP contribution in [0.1, 0.15) is 57.8 Å². The van der Waals surface area contributed by atoms with Gasteiger partial charge in [0.15, 0.2) is 0 Å². The molecule has 0 spiro atoms. The SMILES string of the molecule is C1C2CC1CC1CC3CC(C3)CC(C2)C1. The van der Waals surface area contributed by atoms with Gasteiger partial charge >= 0.3 is 0 Å². The number of rotatable bonds is 0. The molecule has 0 heteroatoms. The molecule has 6 aliphatic carbocycles. The van der Waals surface area contributed by atoms with E-state index in [4.69, 9.17) is 0 Å². The van der Waals surface area contributed by atoms with Gasteiger partial charge in [0.1, 0.15) is 0 Å². The summed E-state index contributed by atoms with van der Waals surface area (Å²) >= 11 is 0. The van der Waals surface area contributed by atoms with Crippen LogP contribution in [-0.4, -0.2) is 0 Å². The van der Waals surface area contributed by atoms with Gasteiger partial charge in [-0.15, -0.1) is 0 Å². The predicted octanol–water partition coefficient (Wildman–Crippen LogP) is 4.25. The minimum absolute atomic E-state index is 1.15. The summed E-state index contributed by atoms with van der Waals surface area (Å²) in [6, 6.07) is 0. The smallest absolute Gasteiger partial charge is 0.0406 e. The molecule has 0 aromatic carbocycles. The van der Waals surface area contributed by atoms with Crippen LogP contribution in [0.5, 0.6) is 0 Å². The van der Waals surface area contributed by atoms with Crippen molar-refractivity contribution in [2.75, 3.05) is 0 Å². The minimum atomic E-state index is 1.15. The Bertz CT molecular complexity index is 199. The van der Waals surface area contributed by atoms with Gasteiger partial charge in [0.2, 0.25) is 0 Å². The molecule has 6 saturated carbocycles. The molecule has 0 aromatic rings. The predicted molar refractivity (Wildman–Crippen MR) is 62.5 cm³/mol. The van der Waals surface area contributed by atoms with Crippen LogP contribution in [0.25, 0.3) is 0 Å². The zero-order valence-corrected chi connectivity index (χ0v) is 9.83. The van der Waals surface area contributed by atoms with Crippen LogP contribution in [0.3, 0.4) is 0 Å². The van der Waals surface area contributed by atoms with Gasteiger partial charge in [0, 0.05) is 0 Å². The Kier molecular flexibility index (Phi) is 1.96. The molecule has 6 fully saturated rings. The maximum absolute atomic E-state index is 1.62. The molecule has 6 bridgehead atoms. The van der Waals surface area contributed by atoms with Gasteiger partial charge in [-0.25, -0.2) is 0 Å². The largest absolute Gasteiger partial charge is 0.0475 e. The van der Waals surface area contributed by atoms with Gasteiger partial charge in [0.05, 0.1) is 0 Å². The fraction of sp³-hybridized carbons (Fsp3) is 1.00. The van der Waals surface area contributed by atoms with Crippen molar-refractivity contribution in [3.63, 3.8) is 0 Å². The Labute approximate surface area is 93.8 Å². The maximum Gasteiger partial charge on any atom is -0.0406 e. The highest BCUT2D eigenvalue weighted by atomic mass is 14.5. The molecule has 84 valence electrons. The van der Waals surface area contributed by atoms with E-state index in [1.165, 1.54) is 0 Å². The van der Waals surface area contributed by atoms with Gasteiger partial charge in [-0.05, 0) is 93.3 Å². The lowest BCUT2D eigenvalue weighted by Crippen LogP contribution is -2.38. The van der Waals surface area contributed by atoms with Crippen LogP contribution in [0.4, 0.5) is 0 Å². The first kappa shape index (κ1) is 9.07. The molecular weight excluding hydrogens is 180 g/mol. The second-order valence-electron chi connectivity index (χ2n) is 7.32. The lowest BCUT2D eigenvalue weighted by atomic mass is 9.56. The first-order valence-electron chi connectivity index (χ1n) is 7.35. The molecule has 0 atom stereocenters. The highest BCUT2D eigenvalue weighted by Crippen LogP contribution is 2.53. The number of hydrogen-bond acceptors (Lipinski definition) is 0. The van der Waals surface area contributed by atoms with Gasteiger partial charge in [-0.1, -0.05) is 0 Å². The van der Waals surface area contributed by atoms with Crippen LogP contribution in [-0.2, 0) is 0 Å². The topological polar surface area (TPSA) is 0 Å². The lowest BCUT2D eigenvalue weighted by Gasteiger charge is -2.49. The highest BCUT2D eigenvalue weighted by Gasteiger charge is 2.42. The van der Waals surface area contributed by atoms with E-state index < -0.39 is 0 Å². The Morgan fingerprint density at radius 2 is 0.400 bits per heavy atom. The standard InChI is InChI=1S/C15H24/c1-10-2-11(1)6-15-8-13-3-12(4-13)7-14(5-10)9-15/h10-15H,1-9H2. The fourth-order valence-electron chi connectivity index (χ4n) is 5.45. The van der Waals surface area contributed by atoms with E-state index >= 15 is 0 Å². The summed E-state index contributed by atoms with van der Waals surface area (Å²) in [4.78, 5) is 0. The van der Waals surface area contributed by atoms with Crippen LogP contribution >= 0.6 is 0 Å². The van der Waals surface area contributed by atoms with Crippen LogP contribution in [0.15, 0.2) is 0 Å². The van der Waals surface area contributed by atoms with Gasteiger partial charge in [-0.3, -0.25) is 0 Å². The molecule has 0 N–H and O–H groups in total. The third-order valence-corrected chi connectivity index (χ3v) is 6.00. The Morgan fingerprint density at radius 1 is 0.267 bits per heavy atom. The zero-order chi connectivity index (χ0) is 9.83. The second kappa shape index (κ2) is 3.25. The monoisotopic (exact) mass is 204 g/mol. The lowest BCUT2D eigenvalue weighted by molar-refractivity contribution is 0.0198. The first-order valence-corrected chi connectivity index (χ1v) is 7.35. The van der Waals surface area contributed by atoms with E-state index in [1.807, 2.05) is 0 Å². The molecule has 0 heterocycles. The van der Waals surface area contributed by atoms with Crippen LogP contribution in [0, 0.1) is 35.5 Å². The fourth-order valence-corrected chi connectivity index (χ4v) is 5.45. The van der Waals surface area contributed by atoms with Gasteiger partial charge in [-0.2, -0.15) is 0 Å². The Balaban J connectivity index is 1.54. The normalized spacial score (nSPS) is 57.6. The Morgan fingerprint density at radius 3 is 0.533 bits per heavy atom. The average molecular weight is 204 g/mol. The molecule has 0 unspecified atom stereocenters. The van der Waals surface area contributed by atoms with E-state index in [0.717, 1.165) is 35.5 Å². The zero-order valence-electron chi connectivity index (χ0n) is 9.83. The van der Waals surface area contributed by atoms with E-state index in [2.05, 4.69) is 0 Å². The van der Waals surface area contributed by atoms with Crippen molar-refractivity contribution in [2.24, 2.45) is 35.5 Å². The Hall–Kier alpha value is 0. The summed E-state index contributed by atoms with van der Waals surface area (Å²) in [5.41, 5.74) is 0. The summed E-state index contributed by atoms with van der Waals surface area (Å²) in [6.07, 6.45) is 14.6. The molecule has 6 aliphatic rings. The van der Waals surface area contributed by atoms with Crippen molar-refractivity contribution < 1.29 is 0 Å². The van der Waals surface area contributed by atoms with Crippen molar-refractivity contribution in [3.05, 3.63) is 0 Å². The molecule has 0 radical (unpaired) electrons. The van der Waals surface area contributed by atoms with Crippen LogP contribution < -0.4 is 0 Å². The molecule has 0 aromatic heterocycles. The second-order valence-corrected chi connectivity index (χ2v) is 7.32. The molecule has 0 aliphatic heterocycles. The first-order chi connectivity index (χ1) is 7.35. The summed E-state index contributed by atoms with van der Waals surface area (Å²) in [7, 11) is 0. The van der Waals surface area contributed by atoms with Gasteiger partial charge in [0.25, 0.3) is 0 Å². The summed E-state index contributed by atoms with van der Waals surface area (Å²) in [5, 5.41) is 0. The maximum atomic E-state index is 1.62. The highest BCUT2D eigenvalue weighted by molar-refractivity contribution is 4.93. The van der Waals surface area contributed by atoms with E-state index in [0.29, 0.717) is 0 Å². The third-order valence-electron chi connectivity index (χ3n) is 6.00. The summed E-state index contributed by atoms with van der Waals surface area (Å²) < 4.78 is 0. The molecule has 15 heavy (non-hydrogen) atoms. The van der Waals surface area contributed by atoms with Crippen LogP contribution in [0.2, 0.25) is 0 Å². The molecule has 0 saturated heterocycles. The number of hydrogen-bond donors (Lipinski definition) is 0. The van der Waals surface area contributed by atoms with Crippen molar-refractivity contribution in [3.8, 4) is 0 Å². The van der Waals surface area contributed by atoms with E-state index in [1.54, 1.807) is 57.8 Å². The van der Waals surface area contributed by atoms with E-state index in [9.17, 15) is 0 Å². The quantitative estimate of drug-likeness (QED) is 0.553. The van der Waals surface area contributed by atoms with E-state index in [-0.39, 0.29) is 0 Å². The van der Waals surface area contributed by atoms with Crippen molar-refractivity contribution in [2.45, 2.75) is 57.8 Å². The van der Waals surface area contributed by atoms with Gasteiger partial charge < -0.3 is 0 Å². The van der Waals surface area contributed by atoms with Crippen molar-refractivity contribution in [1.82, 2.24) is 0 Å².